The van der Waals surface area contributed by atoms with Crippen molar-refractivity contribution in [2.24, 2.45) is 0 Å². The lowest BCUT2D eigenvalue weighted by Crippen LogP contribution is -2.37. The standard InChI is InChI=1S/C23H26N2O4/c1-16-10-11-19(14-17(16)2)22(27)24-15-20(26)29-21(18-8-4-3-5-9-18)23(28)25-12-6-7-13-25/h3-5,8-11,14,21H,6-7,12-13,15H2,1-2H3,(H,24,27)/t21-/m0/s1. The second-order valence-electron chi connectivity index (χ2n) is 7.29. The maximum Gasteiger partial charge on any atom is 0.326 e. The molecule has 1 saturated heterocycles. The number of rotatable bonds is 6. The smallest absolute Gasteiger partial charge is 0.326 e. The van der Waals surface area contributed by atoms with Gasteiger partial charge < -0.3 is 15.0 Å². The molecule has 1 aliphatic heterocycles. The van der Waals surface area contributed by atoms with Gasteiger partial charge in [0.15, 0.2) is 0 Å². The van der Waals surface area contributed by atoms with Crippen LogP contribution in [0.1, 0.15) is 46.0 Å². The van der Waals surface area contributed by atoms with E-state index in [1.54, 1.807) is 41.3 Å². The summed E-state index contributed by atoms with van der Waals surface area (Å²) in [6.07, 6.45) is 0.904. The second kappa shape index (κ2) is 9.37. The van der Waals surface area contributed by atoms with E-state index in [1.807, 2.05) is 26.0 Å². The summed E-state index contributed by atoms with van der Waals surface area (Å²) in [5, 5.41) is 2.57. The highest BCUT2D eigenvalue weighted by Crippen LogP contribution is 2.23. The number of aryl methyl sites for hydroxylation is 2. The molecule has 1 heterocycles. The molecule has 29 heavy (non-hydrogen) atoms. The highest BCUT2D eigenvalue weighted by molar-refractivity contribution is 5.96. The number of ether oxygens (including phenoxy) is 1. The number of hydrogen-bond donors (Lipinski definition) is 1. The van der Waals surface area contributed by atoms with Gasteiger partial charge in [0.2, 0.25) is 6.10 Å². The van der Waals surface area contributed by atoms with E-state index >= 15 is 0 Å². The van der Waals surface area contributed by atoms with Crippen molar-refractivity contribution in [2.45, 2.75) is 32.8 Å². The molecule has 0 bridgehead atoms. The summed E-state index contributed by atoms with van der Waals surface area (Å²) in [6, 6.07) is 14.3. The molecule has 0 saturated carbocycles. The Morgan fingerprint density at radius 1 is 1.00 bits per heavy atom. The van der Waals surface area contributed by atoms with Crippen LogP contribution in [0.4, 0.5) is 0 Å². The summed E-state index contributed by atoms with van der Waals surface area (Å²) in [6.45, 7) is 4.93. The fourth-order valence-electron chi connectivity index (χ4n) is 3.30. The number of nitrogens with zero attached hydrogens (tertiary/aromatic N) is 1. The van der Waals surface area contributed by atoms with E-state index in [0.717, 1.165) is 24.0 Å². The van der Waals surface area contributed by atoms with Crippen molar-refractivity contribution in [3.63, 3.8) is 0 Å². The van der Waals surface area contributed by atoms with Crippen molar-refractivity contribution in [1.29, 1.82) is 0 Å². The van der Waals surface area contributed by atoms with E-state index in [1.165, 1.54) is 0 Å². The normalized spacial score (nSPS) is 14.3. The van der Waals surface area contributed by atoms with E-state index < -0.39 is 12.1 Å². The summed E-state index contributed by atoms with van der Waals surface area (Å²) < 4.78 is 5.50. The number of carbonyl (C=O) groups is 3. The lowest BCUT2D eigenvalue weighted by atomic mass is 10.1. The third kappa shape index (κ3) is 5.22. The average molecular weight is 394 g/mol. The Morgan fingerprint density at radius 3 is 2.34 bits per heavy atom. The van der Waals surface area contributed by atoms with Crippen molar-refractivity contribution in [2.75, 3.05) is 19.6 Å². The van der Waals surface area contributed by atoms with Gasteiger partial charge in [0.25, 0.3) is 11.8 Å². The Hall–Kier alpha value is -3.15. The number of likely N-dealkylation sites (tertiary alicyclic amines) is 1. The van der Waals surface area contributed by atoms with Gasteiger partial charge in [-0.15, -0.1) is 0 Å². The Labute approximate surface area is 170 Å². The number of amides is 2. The van der Waals surface area contributed by atoms with Crippen LogP contribution in [-0.2, 0) is 14.3 Å². The number of benzene rings is 2. The summed E-state index contributed by atoms with van der Waals surface area (Å²) in [5.41, 5.74) is 3.19. The molecular formula is C23H26N2O4. The van der Waals surface area contributed by atoms with Crippen LogP contribution in [-0.4, -0.2) is 42.3 Å². The number of esters is 1. The third-order valence-corrected chi connectivity index (χ3v) is 5.16. The van der Waals surface area contributed by atoms with Crippen LogP contribution in [0.25, 0.3) is 0 Å². The molecule has 0 aromatic heterocycles. The first-order valence-corrected chi connectivity index (χ1v) is 9.84. The zero-order valence-corrected chi connectivity index (χ0v) is 16.8. The average Bonchev–Trinajstić information content (AvgIpc) is 3.27. The molecule has 2 aromatic carbocycles. The lowest BCUT2D eigenvalue weighted by Gasteiger charge is -2.23. The Bertz CT molecular complexity index is 889. The molecule has 2 amide bonds. The molecule has 0 spiro atoms. The number of nitrogens with one attached hydrogen (secondary N) is 1. The maximum atomic E-state index is 12.9. The Balaban J connectivity index is 1.64. The van der Waals surface area contributed by atoms with Crippen LogP contribution in [0.5, 0.6) is 0 Å². The van der Waals surface area contributed by atoms with Gasteiger partial charge in [-0.1, -0.05) is 36.4 Å². The van der Waals surface area contributed by atoms with E-state index in [0.29, 0.717) is 24.2 Å². The summed E-state index contributed by atoms with van der Waals surface area (Å²) >= 11 is 0. The fraction of sp³-hybridized carbons (Fsp3) is 0.348. The largest absolute Gasteiger partial charge is 0.446 e. The van der Waals surface area contributed by atoms with Crippen LogP contribution < -0.4 is 5.32 Å². The molecule has 2 aromatic rings. The SMILES string of the molecule is Cc1ccc(C(=O)NCC(=O)O[C@H](C(=O)N2CCCC2)c2ccccc2)cc1C. The third-order valence-electron chi connectivity index (χ3n) is 5.16. The molecule has 152 valence electrons. The van der Waals surface area contributed by atoms with Crippen molar-refractivity contribution in [3.8, 4) is 0 Å². The Morgan fingerprint density at radius 2 is 1.69 bits per heavy atom. The van der Waals surface area contributed by atoms with Gasteiger partial charge in [0, 0.05) is 24.2 Å². The minimum Gasteiger partial charge on any atom is -0.446 e. The number of hydrogen-bond acceptors (Lipinski definition) is 4. The second-order valence-corrected chi connectivity index (χ2v) is 7.29. The predicted octanol–water partition coefficient (Wildman–Crippen LogP) is 2.94. The fourth-order valence-corrected chi connectivity index (χ4v) is 3.30. The minimum absolute atomic E-state index is 0.220. The van der Waals surface area contributed by atoms with E-state index in [2.05, 4.69) is 5.32 Å². The molecule has 0 aliphatic carbocycles. The highest BCUT2D eigenvalue weighted by atomic mass is 16.5. The first-order chi connectivity index (χ1) is 14.0. The van der Waals surface area contributed by atoms with Crippen molar-refractivity contribution in [1.82, 2.24) is 10.2 Å². The minimum atomic E-state index is -1.000. The van der Waals surface area contributed by atoms with Gasteiger partial charge >= 0.3 is 5.97 Å². The summed E-state index contributed by atoms with van der Waals surface area (Å²) in [7, 11) is 0. The molecule has 3 rings (SSSR count). The first-order valence-electron chi connectivity index (χ1n) is 9.84. The number of carbonyl (C=O) groups excluding carboxylic acids is 3. The lowest BCUT2D eigenvalue weighted by molar-refractivity contribution is -0.159. The van der Waals surface area contributed by atoms with Gasteiger partial charge in [0.1, 0.15) is 6.54 Å². The van der Waals surface area contributed by atoms with Gasteiger partial charge in [-0.05, 0) is 49.9 Å². The zero-order valence-electron chi connectivity index (χ0n) is 16.8. The Kier molecular flexibility index (Phi) is 6.65. The van der Waals surface area contributed by atoms with Crippen molar-refractivity contribution >= 4 is 17.8 Å². The van der Waals surface area contributed by atoms with Gasteiger partial charge in [-0.2, -0.15) is 0 Å². The van der Waals surface area contributed by atoms with Crippen molar-refractivity contribution < 1.29 is 19.1 Å². The van der Waals surface area contributed by atoms with Gasteiger partial charge in [-0.3, -0.25) is 14.4 Å². The molecule has 0 unspecified atom stereocenters. The molecule has 1 atom stereocenters. The van der Waals surface area contributed by atoms with Crippen LogP contribution in [0, 0.1) is 13.8 Å². The van der Waals surface area contributed by atoms with E-state index in [-0.39, 0.29) is 18.4 Å². The van der Waals surface area contributed by atoms with Gasteiger partial charge in [0.05, 0.1) is 0 Å². The van der Waals surface area contributed by atoms with Crippen LogP contribution in [0.3, 0.4) is 0 Å². The molecule has 1 fully saturated rings. The molecule has 0 radical (unpaired) electrons. The van der Waals surface area contributed by atoms with Gasteiger partial charge in [-0.25, -0.2) is 0 Å². The summed E-state index contributed by atoms with van der Waals surface area (Å²) in [5.74, 6) is -1.22. The zero-order chi connectivity index (χ0) is 20.8. The van der Waals surface area contributed by atoms with E-state index in [4.69, 9.17) is 4.74 Å². The quantitative estimate of drug-likeness (QED) is 0.765. The van der Waals surface area contributed by atoms with Crippen LogP contribution in [0.15, 0.2) is 48.5 Å². The molecule has 1 aliphatic rings. The molecule has 6 nitrogen and oxygen atoms in total. The topological polar surface area (TPSA) is 75.7 Å². The molecular weight excluding hydrogens is 368 g/mol. The van der Waals surface area contributed by atoms with E-state index in [9.17, 15) is 14.4 Å². The predicted molar refractivity (Wildman–Crippen MR) is 109 cm³/mol. The monoisotopic (exact) mass is 394 g/mol. The van der Waals surface area contributed by atoms with Crippen LogP contribution in [0.2, 0.25) is 0 Å². The van der Waals surface area contributed by atoms with Crippen LogP contribution >= 0.6 is 0 Å². The van der Waals surface area contributed by atoms with Crippen molar-refractivity contribution in [3.05, 3.63) is 70.8 Å². The first kappa shape index (κ1) is 20.6. The molecule has 1 N–H and O–H groups in total. The maximum absolute atomic E-state index is 12.9. The highest BCUT2D eigenvalue weighted by Gasteiger charge is 2.30. The summed E-state index contributed by atoms with van der Waals surface area (Å²) in [4.78, 5) is 39.3. The molecule has 6 heteroatoms.